The molecule has 0 saturated heterocycles. The van der Waals surface area contributed by atoms with Gasteiger partial charge < -0.3 is 10.4 Å². The third-order valence-corrected chi connectivity index (χ3v) is 0.993. The summed E-state index contributed by atoms with van der Waals surface area (Å²) in [6, 6.07) is 0. The van der Waals surface area contributed by atoms with Crippen molar-refractivity contribution in [2.24, 2.45) is 0 Å². The molecule has 0 saturated carbocycles. The molecule has 0 aromatic rings. The number of carbonyl (C=O) groups is 1. The Balaban J connectivity index is 3.10. The molecule has 0 aromatic carbocycles. The van der Waals surface area contributed by atoms with Crippen LogP contribution in [0.25, 0.3) is 0 Å². The minimum absolute atomic E-state index is 0.412. The maximum Gasteiger partial charge on any atom is 0.404 e. The molecular formula is C7H13NO2. The molecular weight excluding hydrogens is 130 g/mol. The topological polar surface area (TPSA) is 49.3 Å². The molecule has 0 unspecified atom stereocenters. The predicted molar refractivity (Wildman–Crippen MR) is 40.1 cm³/mol. The standard InChI is InChI=1S/C7H13NO2/c1-2-3-4-5-6-8-7(9)10/h4-5,8H,2-3,6H2,1H3,(H,9,10)/b5-4+. The fraction of sp³-hybridized carbons (Fsp3) is 0.571. The summed E-state index contributed by atoms with van der Waals surface area (Å²) in [5.41, 5.74) is 0. The molecule has 0 aliphatic heterocycles. The van der Waals surface area contributed by atoms with Gasteiger partial charge in [0.15, 0.2) is 0 Å². The van der Waals surface area contributed by atoms with Gasteiger partial charge in [-0.05, 0) is 6.42 Å². The van der Waals surface area contributed by atoms with Gasteiger partial charge in [-0.1, -0.05) is 25.5 Å². The lowest BCUT2D eigenvalue weighted by molar-refractivity contribution is 0.195. The van der Waals surface area contributed by atoms with Crippen LogP contribution in [0.5, 0.6) is 0 Å². The van der Waals surface area contributed by atoms with Gasteiger partial charge in [-0.3, -0.25) is 0 Å². The van der Waals surface area contributed by atoms with Crippen molar-refractivity contribution >= 4 is 6.09 Å². The number of carboxylic acid groups (broad SMARTS) is 1. The van der Waals surface area contributed by atoms with E-state index in [1.807, 2.05) is 12.2 Å². The average molecular weight is 143 g/mol. The van der Waals surface area contributed by atoms with Crippen molar-refractivity contribution in [2.45, 2.75) is 19.8 Å². The molecule has 0 aromatic heterocycles. The Hall–Kier alpha value is -0.990. The highest BCUT2D eigenvalue weighted by molar-refractivity contribution is 5.64. The van der Waals surface area contributed by atoms with E-state index < -0.39 is 6.09 Å². The normalized spacial score (nSPS) is 10.1. The van der Waals surface area contributed by atoms with Crippen LogP contribution in [0.4, 0.5) is 4.79 Å². The van der Waals surface area contributed by atoms with Crippen molar-refractivity contribution in [1.82, 2.24) is 5.32 Å². The summed E-state index contributed by atoms with van der Waals surface area (Å²) < 4.78 is 0. The zero-order chi connectivity index (χ0) is 7.82. The number of rotatable bonds is 4. The highest BCUT2D eigenvalue weighted by Crippen LogP contribution is 1.86. The highest BCUT2D eigenvalue weighted by Gasteiger charge is 1.86. The molecule has 3 nitrogen and oxygen atoms in total. The first kappa shape index (κ1) is 9.01. The second-order valence-corrected chi connectivity index (χ2v) is 1.95. The molecule has 0 aliphatic rings. The van der Waals surface area contributed by atoms with Crippen molar-refractivity contribution in [3.05, 3.63) is 12.2 Å². The monoisotopic (exact) mass is 143 g/mol. The molecule has 58 valence electrons. The van der Waals surface area contributed by atoms with Crippen LogP contribution in [0.2, 0.25) is 0 Å². The van der Waals surface area contributed by atoms with Crippen LogP contribution in [-0.4, -0.2) is 17.7 Å². The summed E-state index contributed by atoms with van der Waals surface area (Å²) >= 11 is 0. The quantitative estimate of drug-likeness (QED) is 0.587. The number of unbranched alkanes of at least 4 members (excludes halogenated alkanes) is 1. The molecule has 0 aliphatic carbocycles. The number of hydrogen-bond donors (Lipinski definition) is 2. The van der Waals surface area contributed by atoms with Crippen LogP contribution in [0, 0.1) is 0 Å². The molecule has 10 heavy (non-hydrogen) atoms. The lowest BCUT2D eigenvalue weighted by Gasteiger charge is -1.91. The first-order valence-corrected chi connectivity index (χ1v) is 3.39. The molecule has 0 heterocycles. The number of allylic oxidation sites excluding steroid dienone is 1. The van der Waals surface area contributed by atoms with E-state index in [0.29, 0.717) is 6.54 Å². The van der Waals surface area contributed by atoms with Crippen LogP contribution in [0.15, 0.2) is 12.2 Å². The summed E-state index contributed by atoms with van der Waals surface area (Å²) in [7, 11) is 0. The Morgan fingerprint density at radius 2 is 2.30 bits per heavy atom. The lowest BCUT2D eigenvalue weighted by Crippen LogP contribution is -2.20. The first-order valence-electron chi connectivity index (χ1n) is 3.39. The highest BCUT2D eigenvalue weighted by atomic mass is 16.4. The molecule has 3 heteroatoms. The largest absolute Gasteiger partial charge is 0.465 e. The number of hydrogen-bond acceptors (Lipinski definition) is 1. The van der Waals surface area contributed by atoms with E-state index in [9.17, 15) is 4.79 Å². The predicted octanol–water partition coefficient (Wildman–Crippen LogP) is 1.61. The molecule has 1 amide bonds. The average Bonchev–Trinajstić information content (AvgIpc) is 1.87. The SMILES string of the molecule is CCC/C=C/CNC(=O)O. The summed E-state index contributed by atoms with van der Waals surface area (Å²) in [5, 5.41) is 10.4. The van der Waals surface area contributed by atoms with Crippen LogP contribution in [0.3, 0.4) is 0 Å². The minimum atomic E-state index is -0.971. The molecule has 0 radical (unpaired) electrons. The van der Waals surface area contributed by atoms with Crippen molar-refractivity contribution in [2.75, 3.05) is 6.54 Å². The zero-order valence-electron chi connectivity index (χ0n) is 6.13. The van der Waals surface area contributed by atoms with Gasteiger partial charge in [0.1, 0.15) is 0 Å². The van der Waals surface area contributed by atoms with Gasteiger partial charge in [0.05, 0.1) is 0 Å². The van der Waals surface area contributed by atoms with Crippen molar-refractivity contribution in [1.29, 1.82) is 0 Å². The van der Waals surface area contributed by atoms with E-state index in [2.05, 4.69) is 12.2 Å². The smallest absolute Gasteiger partial charge is 0.404 e. The fourth-order valence-electron chi connectivity index (χ4n) is 0.514. The molecule has 0 atom stereocenters. The summed E-state index contributed by atoms with van der Waals surface area (Å²) in [5.74, 6) is 0. The summed E-state index contributed by atoms with van der Waals surface area (Å²) in [6.45, 7) is 2.49. The number of amides is 1. The Kier molecular flexibility index (Phi) is 5.53. The maximum absolute atomic E-state index is 9.89. The summed E-state index contributed by atoms with van der Waals surface area (Å²) in [6.07, 6.45) is 4.93. The third kappa shape index (κ3) is 7.01. The minimum Gasteiger partial charge on any atom is -0.465 e. The summed E-state index contributed by atoms with van der Waals surface area (Å²) in [4.78, 5) is 9.89. The second-order valence-electron chi connectivity index (χ2n) is 1.95. The van der Waals surface area contributed by atoms with E-state index >= 15 is 0 Å². The zero-order valence-corrected chi connectivity index (χ0v) is 6.13. The molecule has 0 bridgehead atoms. The van der Waals surface area contributed by atoms with Gasteiger partial charge in [-0.25, -0.2) is 4.79 Å². The van der Waals surface area contributed by atoms with Gasteiger partial charge in [-0.15, -0.1) is 0 Å². The molecule has 0 rings (SSSR count). The second kappa shape index (κ2) is 6.13. The van der Waals surface area contributed by atoms with Gasteiger partial charge in [0.25, 0.3) is 0 Å². The Bertz CT molecular complexity index is 121. The van der Waals surface area contributed by atoms with Crippen molar-refractivity contribution < 1.29 is 9.90 Å². The van der Waals surface area contributed by atoms with E-state index in [4.69, 9.17) is 5.11 Å². The molecule has 0 spiro atoms. The van der Waals surface area contributed by atoms with Gasteiger partial charge in [0, 0.05) is 6.54 Å². The number of nitrogens with one attached hydrogen (secondary N) is 1. The van der Waals surface area contributed by atoms with E-state index in [0.717, 1.165) is 12.8 Å². The van der Waals surface area contributed by atoms with Crippen LogP contribution in [-0.2, 0) is 0 Å². The van der Waals surface area contributed by atoms with Gasteiger partial charge in [0.2, 0.25) is 0 Å². The van der Waals surface area contributed by atoms with Crippen LogP contribution in [0.1, 0.15) is 19.8 Å². The van der Waals surface area contributed by atoms with E-state index in [-0.39, 0.29) is 0 Å². The van der Waals surface area contributed by atoms with E-state index in [1.165, 1.54) is 0 Å². The Morgan fingerprint density at radius 1 is 1.60 bits per heavy atom. The Morgan fingerprint density at radius 3 is 2.80 bits per heavy atom. The molecule has 2 N–H and O–H groups in total. The van der Waals surface area contributed by atoms with Crippen molar-refractivity contribution in [3.8, 4) is 0 Å². The first-order chi connectivity index (χ1) is 4.77. The maximum atomic E-state index is 9.89. The molecule has 0 fully saturated rings. The van der Waals surface area contributed by atoms with Crippen LogP contribution >= 0.6 is 0 Å². The van der Waals surface area contributed by atoms with Crippen LogP contribution < -0.4 is 5.32 Å². The van der Waals surface area contributed by atoms with Gasteiger partial charge in [-0.2, -0.15) is 0 Å². The Labute approximate surface area is 60.7 Å². The van der Waals surface area contributed by atoms with E-state index in [1.54, 1.807) is 0 Å². The van der Waals surface area contributed by atoms with Gasteiger partial charge >= 0.3 is 6.09 Å². The van der Waals surface area contributed by atoms with Crippen molar-refractivity contribution in [3.63, 3.8) is 0 Å². The lowest BCUT2D eigenvalue weighted by atomic mass is 10.3. The third-order valence-electron chi connectivity index (χ3n) is 0.993. The fourth-order valence-corrected chi connectivity index (χ4v) is 0.514.